The van der Waals surface area contributed by atoms with Gasteiger partial charge in [0.15, 0.2) is 0 Å². The molecule has 0 spiro atoms. The number of hydrogen-bond donors (Lipinski definition) is 0. The maximum Gasteiger partial charge on any atom is 0.226 e. The quantitative estimate of drug-likeness (QED) is 0.546. The van der Waals surface area contributed by atoms with E-state index in [9.17, 15) is 9.59 Å². The van der Waals surface area contributed by atoms with Crippen molar-refractivity contribution >= 4 is 23.2 Å². The molecule has 2 aliphatic heterocycles. The van der Waals surface area contributed by atoms with Crippen LogP contribution in [0.4, 0.5) is 5.95 Å². The van der Waals surface area contributed by atoms with Crippen LogP contribution in [0.5, 0.6) is 5.75 Å². The molecular formula is C30H38N4O3. The molecule has 5 rings (SSSR count). The van der Waals surface area contributed by atoms with Gasteiger partial charge in [-0.05, 0) is 73.3 Å². The maximum atomic E-state index is 12.8. The Morgan fingerprint density at radius 2 is 1.68 bits per heavy atom. The first-order valence-corrected chi connectivity index (χ1v) is 13.9. The number of Topliss-reactive ketones (excluding diaryl/α,β-unsaturated/α-hetero) is 1. The predicted octanol–water partition coefficient (Wildman–Crippen LogP) is 4.71. The van der Waals surface area contributed by atoms with Crippen LogP contribution in [0.2, 0.25) is 0 Å². The lowest BCUT2D eigenvalue weighted by molar-refractivity contribution is -0.138. The summed E-state index contributed by atoms with van der Waals surface area (Å²) >= 11 is 0. The minimum Gasteiger partial charge on any atom is -0.493 e. The summed E-state index contributed by atoms with van der Waals surface area (Å²) in [6.07, 6.45) is 12.8. The fourth-order valence-corrected chi connectivity index (χ4v) is 5.53. The number of benzene rings is 1. The molecule has 2 aromatic rings. The average Bonchev–Trinajstić information content (AvgIpc) is 2.97. The van der Waals surface area contributed by atoms with E-state index in [-0.39, 0.29) is 17.6 Å². The Hall–Kier alpha value is -3.22. The summed E-state index contributed by atoms with van der Waals surface area (Å²) in [6.45, 7) is 5.96. The summed E-state index contributed by atoms with van der Waals surface area (Å²) in [5.74, 6) is 2.83. The molecule has 1 aromatic heterocycles. The van der Waals surface area contributed by atoms with Crippen molar-refractivity contribution in [3.05, 3.63) is 53.9 Å². The Kier molecular flexibility index (Phi) is 8.17. The third kappa shape index (κ3) is 6.38. The molecule has 2 saturated heterocycles. The Bertz CT molecular complexity index is 1090. The highest BCUT2D eigenvalue weighted by Crippen LogP contribution is 2.32. The Morgan fingerprint density at radius 1 is 0.973 bits per heavy atom. The van der Waals surface area contributed by atoms with Gasteiger partial charge in [-0.15, -0.1) is 0 Å². The van der Waals surface area contributed by atoms with Crippen LogP contribution in [0.3, 0.4) is 0 Å². The number of nitrogens with zero attached hydrogens (tertiary/aromatic N) is 4. The number of allylic oxidation sites excluding steroid dienone is 2. The summed E-state index contributed by atoms with van der Waals surface area (Å²) in [4.78, 5) is 37.5. The number of ketones is 1. The fourth-order valence-electron chi connectivity index (χ4n) is 5.53. The van der Waals surface area contributed by atoms with Gasteiger partial charge in [0.05, 0.1) is 6.61 Å². The van der Waals surface area contributed by atoms with Gasteiger partial charge in [0.25, 0.3) is 0 Å². The van der Waals surface area contributed by atoms with Gasteiger partial charge in [-0.25, -0.2) is 9.97 Å². The smallest absolute Gasteiger partial charge is 0.226 e. The molecular weight excluding hydrogens is 464 g/mol. The number of piperidine rings is 2. The van der Waals surface area contributed by atoms with Gasteiger partial charge in [0, 0.05) is 57.3 Å². The lowest BCUT2D eigenvalue weighted by Gasteiger charge is -2.32. The Labute approximate surface area is 219 Å². The predicted molar refractivity (Wildman–Crippen MR) is 144 cm³/mol. The van der Waals surface area contributed by atoms with Gasteiger partial charge in [-0.3, -0.25) is 9.59 Å². The largest absolute Gasteiger partial charge is 0.493 e. The van der Waals surface area contributed by atoms with Gasteiger partial charge in [0.1, 0.15) is 11.5 Å². The van der Waals surface area contributed by atoms with E-state index in [0.29, 0.717) is 31.8 Å². The molecule has 3 heterocycles. The lowest BCUT2D eigenvalue weighted by Crippen LogP contribution is -2.42. The monoisotopic (exact) mass is 502 g/mol. The van der Waals surface area contributed by atoms with Crippen molar-refractivity contribution in [1.82, 2.24) is 14.9 Å². The number of amides is 1. The van der Waals surface area contributed by atoms with E-state index in [1.165, 1.54) is 16.7 Å². The minimum absolute atomic E-state index is 0.0493. The highest BCUT2D eigenvalue weighted by Gasteiger charge is 2.29. The molecule has 1 aliphatic carbocycles. The molecule has 3 aliphatic rings. The normalized spacial score (nSPS) is 21.1. The molecule has 1 unspecified atom stereocenters. The summed E-state index contributed by atoms with van der Waals surface area (Å²) in [5, 5.41) is 0. The third-order valence-electron chi connectivity index (χ3n) is 8.10. The number of hydrogen-bond acceptors (Lipinski definition) is 6. The summed E-state index contributed by atoms with van der Waals surface area (Å²) in [7, 11) is 0. The molecule has 0 N–H and O–H groups in total. The second-order valence-corrected chi connectivity index (χ2v) is 10.6. The van der Waals surface area contributed by atoms with Gasteiger partial charge in [-0.2, -0.15) is 0 Å². The fraction of sp³-hybridized carbons (Fsp3) is 0.533. The summed E-state index contributed by atoms with van der Waals surface area (Å²) < 4.78 is 6.14. The van der Waals surface area contributed by atoms with Crippen molar-refractivity contribution in [2.45, 2.75) is 58.3 Å². The minimum atomic E-state index is 0.0493. The van der Waals surface area contributed by atoms with Crippen molar-refractivity contribution in [3.63, 3.8) is 0 Å². The van der Waals surface area contributed by atoms with Crippen molar-refractivity contribution in [3.8, 4) is 5.75 Å². The standard InChI is InChI=1S/C30H38N4O3/c1-2-22-19-31-30(32-20-22)34-15-11-23(12-16-34)21-37-28-9-7-25(8-10-28)24-3-5-26(6-4-24)29(36)33-17-13-27(35)14-18-33/h3,7-10,19-20,23,26H,2,4-6,11-18,21H2,1H3. The summed E-state index contributed by atoms with van der Waals surface area (Å²) in [6, 6.07) is 8.41. The van der Waals surface area contributed by atoms with Crippen LogP contribution in [0.1, 0.15) is 63.0 Å². The van der Waals surface area contributed by atoms with Gasteiger partial charge in [0.2, 0.25) is 11.9 Å². The van der Waals surface area contributed by atoms with Gasteiger partial charge >= 0.3 is 0 Å². The highest BCUT2D eigenvalue weighted by atomic mass is 16.5. The first-order valence-electron chi connectivity index (χ1n) is 13.9. The molecule has 0 bridgehead atoms. The number of aromatic nitrogens is 2. The zero-order valence-corrected chi connectivity index (χ0v) is 21.9. The number of carbonyl (C=O) groups is 2. The van der Waals surface area contributed by atoms with Crippen LogP contribution in [0.15, 0.2) is 42.7 Å². The van der Waals surface area contributed by atoms with E-state index in [0.717, 1.165) is 69.9 Å². The maximum absolute atomic E-state index is 12.8. The first-order chi connectivity index (χ1) is 18.1. The Morgan fingerprint density at radius 3 is 2.30 bits per heavy atom. The van der Waals surface area contributed by atoms with Crippen LogP contribution >= 0.6 is 0 Å². The second-order valence-electron chi connectivity index (χ2n) is 10.6. The van der Waals surface area contributed by atoms with Crippen molar-refractivity contribution in [1.29, 1.82) is 0 Å². The summed E-state index contributed by atoms with van der Waals surface area (Å²) in [5.41, 5.74) is 3.69. The molecule has 1 aromatic carbocycles. The zero-order valence-electron chi connectivity index (χ0n) is 21.9. The molecule has 7 nitrogen and oxygen atoms in total. The van der Waals surface area contributed by atoms with Crippen LogP contribution < -0.4 is 9.64 Å². The van der Waals surface area contributed by atoms with Crippen molar-refractivity contribution in [2.24, 2.45) is 11.8 Å². The molecule has 2 fully saturated rings. The van der Waals surface area contributed by atoms with E-state index in [1.807, 2.05) is 17.3 Å². The van der Waals surface area contributed by atoms with E-state index in [1.54, 1.807) is 0 Å². The molecule has 1 atom stereocenters. The van der Waals surface area contributed by atoms with Crippen molar-refractivity contribution in [2.75, 3.05) is 37.7 Å². The molecule has 37 heavy (non-hydrogen) atoms. The van der Waals surface area contributed by atoms with Crippen molar-refractivity contribution < 1.29 is 14.3 Å². The first kappa shape index (κ1) is 25.4. The highest BCUT2D eigenvalue weighted by molar-refractivity contribution is 5.85. The van der Waals surface area contributed by atoms with E-state index in [4.69, 9.17) is 4.74 Å². The van der Waals surface area contributed by atoms with Crippen LogP contribution in [0, 0.1) is 11.8 Å². The molecule has 0 saturated carbocycles. The SMILES string of the molecule is CCc1cnc(N2CCC(COc3ccc(C4=CCC(C(=O)N5CCC(=O)CC5)CC4)cc3)CC2)nc1. The molecule has 7 heteroatoms. The van der Waals surface area contributed by atoms with Crippen LogP contribution in [0.25, 0.3) is 5.57 Å². The molecule has 0 radical (unpaired) electrons. The lowest BCUT2D eigenvalue weighted by atomic mass is 9.85. The van der Waals surface area contributed by atoms with E-state index in [2.05, 4.69) is 52.1 Å². The second kappa shape index (κ2) is 11.9. The molecule has 196 valence electrons. The zero-order chi connectivity index (χ0) is 25.6. The number of ether oxygens (including phenoxy) is 1. The number of anilines is 1. The third-order valence-corrected chi connectivity index (χ3v) is 8.10. The van der Waals surface area contributed by atoms with E-state index >= 15 is 0 Å². The number of likely N-dealkylation sites (tertiary alicyclic amines) is 1. The molecule has 1 amide bonds. The number of aryl methyl sites for hydroxylation is 1. The topological polar surface area (TPSA) is 75.6 Å². The van der Waals surface area contributed by atoms with Crippen LogP contribution in [-0.4, -0.2) is 59.3 Å². The number of carbonyl (C=O) groups excluding carboxylic acids is 2. The average molecular weight is 503 g/mol. The van der Waals surface area contributed by atoms with E-state index < -0.39 is 0 Å². The van der Waals surface area contributed by atoms with Gasteiger partial charge in [-0.1, -0.05) is 25.1 Å². The van der Waals surface area contributed by atoms with Crippen LogP contribution in [-0.2, 0) is 16.0 Å². The van der Waals surface area contributed by atoms with Gasteiger partial charge < -0.3 is 14.5 Å². The number of rotatable bonds is 7. The Balaban J connectivity index is 1.06.